The number of methoxy groups -OCH3 is 1. The van der Waals surface area contributed by atoms with Gasteiger partial charge < -0.3 is 25.1 Å². The van der Waals surface area contributed by atoms with E-state index in [1.807, 2.05) is 77.7 Å². The van der Waals surface area contributed by atoms with Gasteiger partial charge in [0.15, 0.2) is 0 Å². The molecule has 0 bridgehead atoms. The van der Waals surface area contributed by atoms with Gasteiger partial charge in [0.05, 0.1) is 7.11 Å². The summed E-state index contributed by atoms with van der Waals surface area (Å²) in [5.41, 5.74) is 11.4. The Morgan fingerprint density at radius 3 is 2.42 bits per heavy atom. The van der Waals surface area contributed by atoms with E-state index >= 15 is 0 Å². The molecule has 1 aliphatic heterocycles. The fourth-order valence-electron chi connectivity index (χ4n) is 5.18. The standard InChI is InChI=1S/C31H25N3O4/c1-37-28-9-5-3-7-24(28)29(27-17-21-6-2-4-8-26(21)33-27)34-18-22-11-10-20(16-25(22)30(34)35)19-12-14-23(15-13-19)38-31(32)36/h2-17,29,33H,18H2,1H3,(H2,32,36). The van der Waals surface area contributed by atoms with Gasteiger partial charge in [0.25, 0.3) is 5.91 Å². The molecule has 0 spiro atoms. The molecule has 0 aliphatic carbocycles. The van der Waals surface area contributed by atoms with Crippen LogP contribution in [0.5, 0.6) is 11.5 Å². The third-order valence-electron chi connectivity index (χ3n) is 6.94. The van der Waals surface area contributed by atoms with Crippen LogP contribution < -0.4 is 15.2 Å². The second-order valence-electron chi connectivity index (χ2n) is 9.21. The molecule has 1 unspecified atom stereocenters. The van der Waals surface area contributed by atoms with E-state index in [1.165, 1.54) is 0 Å². The van der Waals surface area contributed by atoms with Crippen molar-refractivity contribution in [1.82, 2.24) is 9.88 Å². The number of carbonyl (C=O) groups is 2. The molecule has 0 fully saturated rings. The largest absolute Gasteiger partial charge is 0.496 e. The summed E-state index contributed by atoms with van der Waals surface area (Å²) in [6.45, 7) is 0.470. The number of nitrogens with two attached hydrogens (primary N) is 1. The van der Waals surface area contributed by atoms with E-state index in [1.54, 1.807) is 19.2 Å². The van der Waals surface area contributed by atoms with Crippen LogP contribution in [0, 0.1) is 0 Å². The molecule has 2 amide bonds. The SMILES string of the molecule is COc1ccccc1C(c1cc2ccccc2[nH]1)N1Cc2ccc(-c3ccc(OC(N)=O)cc3)cc2C1=O. The van der Waals surface area contributed by atoms with Crippen molar-refractivity contribution in [2.45, 2.75) is 12.6 Å². The van der Waals surface area contributed by atoms with Crippen LogP contribution in [0.15, 0.2) is 97.1 Å². The molecule has 3 N–H and O–H groups in total. The van der Waals surface area contributed by atoms with Gasteiger partial charge >= 0.3 is 6.09 Å². The van der Waals surface area contributed by atoms with Crippen molar-refractivity contribution in [3.8, 4) is 22.6 Å². The summed E-state index contributed by atoms with van der Waals surface area (Å²) in [5.74, 6) is 1.03. The van der Waals surface area contributed by atoms with Crippen LogP contribution in [0.4, 0.5) is 4.79 Å². The fraction of sp³-hybridized carbons (Fsp3) is 0.0968. The number of hydrogen-bond donors (Lipinski definition) is 2. The Morgan fingerprint density at radius 1 is 0.921 bits per heavy atom. The van der Waals surface area contributed by atoms with Gasteiger partial charge in [-0.25, -0.2) is 4.79 Å². The summed E-state index contributed by atoms with van der Waals surface area (Å²) < 4.78 is 10.6. The van der Waals surface area contributed by atoms with Crippen molar-refractivity contribution in [2.24, 2.45) is 5.73 Å². The first-order valence-electron chi connectivity index (χ1n) is 12.2. The van der Waals surface area contributed by atoms with Crippen molar-refractivity contribution in [1.29, 1.82) is 0 Å². The van der Waals surface area contributed by atoms with Gasteiger partial charge in [-0.1, -0.05) is 60.7 Å². The number of ether oxygens (including phenoxy) is 2. The Bertz CT molecular complexity index is 1640. The van der Waals surface area contributed by atoms with Crippen LogP contribution in [0.25, 0.3) is 22.0 Å². The van der Waals surface area contributed by atoms with E-state index in [4.69, 9.17) is 15.2 Å². The molecular weight excluding hydrogens is 478 g/mol. The van der Waals surface area contributed by atoms with Crippen molar-refractivity contribution in [2.75, 3.05) is 7.11 Å². The molecule has 2 heterocycles. The quantitative estimate of drug-likeness (QED) is 0.295. The lowest BCUT2D eigenvalue weighted by Gasteiger charge is -2.29. The number of primary amides is 1. The first kappa shape index (κ1) is 23.4. The number of rotatable bonds is 6. The van der Waals surface area contributed by atoms with Crippen molar-refractivity contribution >= 4 is 22.9 Å². The van der Waals surface area contributed by atoms with Crippen LogP contribution >= 0.6 is 0 Å². The lowest BCUT2D eigenvalue weighted by molar-refractivity contribution is 0.0726. The molecule has 1 aliphatic rings. The molecule has 5 aromatic rings. The Balaban J connectivity index is 1.39. The zero-order valence-corrected chi connectivity index (χ0v) is 20.7. The van der Waals surface area contributed by atoms with Crippen molar-refractivity contribution in [3.63, 3.8) is 0 Å². The summed E-state index contributed by atoms with van der Waals surface area (Å²) in [7, 11) is 1.65. The number of fused-ring (bicyclic) bond motifs is 2. The molecule has 1 aromatic heterocycles. The van der Waals surface area contributed by atoms with E-state index in [0.29, 0.717) is 17.9 Å². The second-order valence-corrected chi connectivity index (χ2v) is 9.21. The maximum absolute atomic E-state index is 14.0. The minimum atomic E-state index is -0.861. The molecule has 38 heavy (non-hydrogen) atoms. The minimum absolute atomic E-state index is 0.0508. The summed E-state index contributed by atoms with van der Waals surface area (Å²) >= 11 is 0. The number of benzene rings is 4. The minimum Gasteiger partial charge on any atom is -0.496 e. The number of aromatic nitrogens is 1. The number of amides is 2. The van der Waals surface area contributed by atoms with E-state index in [0.717, 1.165) is 44.6 Å². The lowest BCUT2D eigenvalue weighted by Crippen LogP contribution is -2.30. The van der Waals surface area contributed by atoms with E-state index in [9.17, 15) is 9.59 Å². The zero-order chi connectivity index (χ0) is 26.2. The lowest BCUT2D eigenvalue weighted by atomic mass is 10.00. The predicted octanol–water partition coefficient (Wildman–Crippen LogP) is 6.05. The maximum Gasteiger partial charge on any atom is 0.409 e. The third kappa shape index (κ3) is 4.14. The van der Waals surface area contributed by atoms with E-state index in [2.05, 4.69) is 17.1 Å². The van der Waals surface area contributed by atoms with Crippen LogP contribution in [0.2, 0.25) is 0 Å². The van der Waals surface area contributed by atoms with Crippen LogP contribution in [-0.2, 0) is 6.54 Å². The topological polar surface area (TPSA) is 97.6 Å². The number of nitrogens with zero attached hydrogens (tertiary/aromatic N) is 1. The van der Waals surface area contributed by atoms with E-state index in [-0.39, 0.29) is 11.9 Å². The number of nitrogens with one attached hydrogen (secondary N) is 1. The number of H-pyrrole nitrogens is 1. The van der Waals surface area contributed by atoms with Gasteiger partial charge in [-0.2, -0.15) is 0 Å². The Labute approximate surface area is 219 Å². The molecule has 0 saturated carbocycles. The molecular formula is C31H25N3O4. The van der Waals surface area contributed by atoms with Crippen LogP contribution in [0.1, 0.15) is 33.2 Å². The molecule has 188 valence electrons. The van der Waals surface area contributed by atoms with Gasteiger partial charge in [-0.3, -0.25) is 4.79 Å². The van der Waals surface area contributed by atoms with Crippen LogP contribution in [-0.4, -0.2) is 29.0 Å². The van der Waals surface area contributed by atoms with Gasteiger partial charge in [0.2, 0.25) is 0 Å². The first-order valence-corrected chi connectivity index (χ1v) is 12.2. The average molecular weight is 504 g/mol. The number of aromatic amines is 1. The molecule has 4 aromatic carbocycles. The zero-order valence-electron chi connectivity index (χ0n) is 20.7. The molecule has 7 heteroatoms. The number of hydrogen-bond acceptors (Lipinski definition) is 4. The Kier molecular flexibility index (Phi) is 5.81. The van der Waals surface area contributed by atoms with Crippen molar-refractivity contribution in [3.05, 3.63) is 119 Å². The second kappa shape index (κ2) is 9.44. The monoisotopic (exact) mass is 503 g/mol. The fourth-order valence-corrected chi connectivity index (χ4v) is 5.18. The first-order chi connectivity index (χ1) is 18.5. The smallest absolute Gasteiger partial charge is 0.409 e. The van der Waals surface area contributed by atoms with Gasteiger partial charge in [-0.05, 0) is 58.5 Å². The summed E-state index contributed by atoms with van der Waals surface area (Å²) in [4.78, 5) is 30.4. The summed E-state index contributed by atoms with van der Waals surface area (Å²) in [6.07, 6.45) is -0.861. The predicted molar refractivity (Wildman–Crippen MR) is 145 cm³/mol. The molecule has 1 atom stereocenters. The molecule has 0 radical (unpaired) electrons. The highest BCUT2D eigenvalue weighted by Crippen LogP contribution is 2.40. The normalized spacial score (nSPS) is 13.4. The summed E-state index contributed by atoms with van der Waals surface area (Å²) in [6, 6.07) is 30.6. The third-order valence-corrected chi connectivity index (χ3v) is 6.94. The van der Waals surface area contributed by atoms with Crippen LogP contribution in [0.3, 0.4) is 0 Å². The van der Waals surface area contributed by atoms with E-state index < -0.39 is 6.09 Å². The summed E-state index contributed by atoms with van der Waals surface area (Å²) in [5, 5.41) is 1.08. The highest BCUT2D eigenvalue weighted by Gasteiger charge is 2.36. The molecule has 6 rings (SSSR count). The van der Waals surface area contributed by atoms with Gasteiger partial charge in [0.1, 0.15) is 17.5 Å². The molecule has 7 nitrogen and oxygen atoms in total. The molecule has 0 saturated heterocycles. The Hall–Kier alpha value is -5.04. The Morgan fingerprint density at radius 2 is 1.66 bits per heavy atom. The maximum atomic E-state index is 14.0. The average Bonchev–Trinajstić information content (AvgIpc) is 3.50. The van der Waals surface area contributed by atoms with Gasteiger partial charge in [-0.15, -0.1) is 0 Å². The highest BCUT2D eigenvalue weighted by molar-refractivity contribution is 6.00. The highest BCUT2D eigenvalue weighted by atomic mass is 16.5. The van der Waals surface area contributed by atoms with Gasteiger partial charge in [0, 0.05) is 28.9 Å². The van der Waals surface area contributed by atoms with Crippen molar-refractivity contribution < 1.29 is 19.1 Å². The number of para-hydroxylation sites is 2. The number of carbonyl (C=O) groups excluding carboxylic acids is 2.